The molecular formula is C17H15N5O. The van der Waals surface area contributed by atoms with Gasteiger partial charge in [-0.25, -0.2) is 9.50 Å². The molecule has 0 saturated heterocycles. The Hall–Kier alpha value is -3.15. The molecule has 4 rings (SSSR count). The van der Waals surface area contributed by atoms with Crippen molar-refractivity contribution in [1.29, 1.82) is 0 Å². The van der Waals surface area contributed by atoms with Crippen molar-refractivity contribution in [2.24, 2.45) is 0 Å². The SMILES string of the molecule is O=C(NCCc1c[nH]c2ccccc12)c1cnn2cccnc12. The Kier molecular flexibility index (Phi) is 3.27. The van der Waals surface area contributed by atoms with Crippen LogP contribution in [0.4, 0.5) is 0 Å². The summed E-state index contributed by atoms with van der Waals surface area (Å²) >= 11 is 0. The van der Waals surface area contributed by atoms with E-state index >= 15 is 0 Å². The Labute approximate surface area is 132 Å². The van der Waals surface area contributed by atoms with Crippen LogP contribution < -0.4 is 5.32 Å². The standard InChI is InChI=1S/C17H15N5O/c23-17(14-11-21-22-9-3-7-18-16(14)22)19-8-6-12-10-20-15-5-2-1-4-13(12)15/h1-5,7,9-11,20H,6,8H2,(H,19,23). The number of aromatic amines is 1. The van der Waals surface area contributed by atoms with E-state index in [0.717, 1.165) is 11.9 Å². The highest BCUT2D eigenvalue weighted by atomic mass is 16.1. The van der Waals surface area contributed by atoms with Crippen LogP contribution in [0.1, 0.15) is 15.9 Å². The molecule has 1 amide bonds. The third-order valence-corrected chi connectivity index (χ3v) is 3.88. The van der Waals surface area contributed by atoms with Crippen LogP contribution in [-0.4, -0.2) is 32.0 Å². The molecule has 0 radical (unpaired) electrons. The second-order valence-corrected chi connectivity index (χ2v) is 5.31. The average molecular weight is 305 g/mol. The molecule has 6 heteroatoms. The molecule has 1 aromatic carbocycles. The van der Waals surface area contributed by atoms with Crippen molar-refractivity contribution < 1.29 is 4.79 Å². The van der Waals surface area contributed by atoms with Gasteiger partial charge in [-0.1, -0.05) is 18.2 Å². The number of nitrogens with zero attached hydrogens (tertiary/aromatic N) is 3. The number of para-hydroxylation sites is 1. The lowest BCUT2D eigenvalue weighted by molar-refractivity contribution is 0.0955. The van der Waals surface area contributed by atoms with Crippen molar-refractivity contribution in [3.05, 3.63) is 66.2 Å². The van der Waals surface area contributed by atoms with Crippen LogP contribution in [0.5, 0.6) is 0 Å². The Morgan fingerprint density at radius 1 is 1.26 bits per heavy atom. The lowest BCUT2D eigenvalue weighted by atomic mass is 10.1. The van der Waals surface area contributed by atoms with E-state index in [4.69, 9.17) is 0 Å². The molecule has 0 unspecified atom stereocenters. The van der Waals surface area contributed by atoms with Gasteiger partial charge in [-0.3, -0.25) is 4.79 Å². The van der Waals surface area contributed by atoms with Crippen LogP contribution in [0.2, 0.25) is 0 Å². The minimum Gasteiger partial charge on any atom is -0.361 e. The number of fused-ring (bicyclic) bond motifs is 2. The van der Waals surface area contributed by atoms with Crippen molar-refractivity contribution in [2.45, 2.75) is 6.42 Å². The van der Waals surface area contributed by atoms with Crippen molar-refractivity contribution in [3.63, 3.8) is 0 Å². The molecule has 0 fully saturated rings. The van der Waals surface area contributed by atoms with Gasteiger partial charge in [-0.05, 0) is 24.1 Å². The molecule has 0 saturated carbocycles. The van der Waals surface area contributed by atoms with E-state index in [9.17, 15) is 4.79 Å². The highest BCUT2D eigenvalue weighted by molar-refractivity contribution is 5.99. The van der Waals surface area contributed by atoms with E-state index in [0.29, 0.717) is 17.8 Å². The van der Waals surface area contributed by atoms with Gasteiger partial charge in [0.1, 0.15) is 5.56 Å². The van der Waals surface area contributed by atoms with E-state index < -0.39 is 0 Å². The first-order valence-electron chi connectivity index (χ1n) is 7.44. The number of hydrogen-bond donors (Lipinski definition) is 2. The van der Waals surface area contributed by atoms with Gasteiger partial charge in [0.05, 0.1) is 6.20 Å². The summed E-state index contributed by atoms with van der Waals surface area (Å²) in [5.74, 6) is -0.154. The van der Waals surface area contributed by atoms with E-state index in [2.05, 4.69) is 26.4 Å². The summed E-state index contributed by atoms with van der Waals surface area (Å²) in [6, 6.07) is 9.92. The van der Waals surface area contributed by atoms with Crippen LogP contribution in [0.15, 0.2) is 55.1 Å². The maximum atomic E-state index is 12.3. The number of carbonyl (C=O) groups excluding carboxylic acids is 1. The zero-order valence-electron chi connectivity index (χ0n) is 12.4. The lowest BCUT2D eigenvalue weighted by Crippen LogP contribution is -2.25. The first-order chi connectivity index (χ1) is 11.3. The molecule has 2 N–H and O–H groups in total. The summed E-state index contributed by atoms with van der Waals surface area (Å²) in [6.45, 7) is 0.560. The molecular weight excluding hydrogens is 290 g/mol. The third-order valence-electron chi connectivity index (χ3n) is 3.88. The first-order valence-corrected chi connectivity index (χ1v) is 7.44. The zero-order chi connectivity index (χ0) is 15.6. The number of amides is 1. The number of carbonyl (C=O) groups is 1. The monoisotopic (exact) mass is 305 g/mol. The van der Waals surface area contributed by atoms with Gasteiger partial charge in [-0.2, -0.15) is 5.10 Å². The molecule has 0 aliphatic carbocycles. The maximum Gasteiger partial charge on any atom is 0.256 e. The highest BCUT2D eigenvalue weighted by Crippen LogP contribution is 2.17. The normalized spacial score (nSPS) is 11.1. The summed E-state index contributed by atoms with van der Waals surface area (Å²) in [5, 5.41) is 8.25. The maximum absolute atomic E-state index is 12.3. The number of hydrogen-bond acceptors (Lipinski definition) is 3. The Balaban J connectivity index is 1.46. The topological polar surface area (TPSA) is 75.1 Å². The molecule has 0 spiro atoms. The minimum absolute atomic E-state index is 0.154. The number of benzene rings is 1. The molecule has 23 heavy (non-hydrogen) atoms. The first kappa shape index (κ1) is 13.5. The Bertz CT molecular complexity index is 985. The number of rotatable bonds is 4. The molecule has 3 aromatic heterocycles. The number of H-pyrrole nitrogens is 1. The molecule has 0 bridgehead atoms. The average Bonchev–Trinajstić information content (AvgIpc) is 3.19. The van der Waals surface area contributed by atoms with Crippen LogP contribution in [0, 0.1) is 0 Å². The van der Waals surface area contributed by atoms with E-state index in [1.807, 2.05) is 24.4 Å². The third kappa shape index (κ3) is 2.44. The molecule has 0 atom stereocenters. The predicted octanol–water partition coefficient (Wildman–Crippen LogP) is 2.18. The highest BCUT2D eigenvalue weighted by Gasteiger charge is 2.13. The fourth-order valence-corrected chi connectivity index (χ4v) is 2.73. The second-order valence-electron chi connectivity index (χ2n) is 5.31. The van der Waals surface area contributed by atoms with Crippen LogP contribution in [0.25, 0.3) is 16.6 Å². The molecule has 114 valence electrons. The molecule has 3 heterocycles. The smallest absolute Gasteiger partial charge is 0.256 e. The fourth-order valence-electron chi connectivity index (χ4n) is 2.73. The second kappa shape index (κ2) is 5.57. The number of nitrogens with one attached hydrogen (secondary N) is 2. The summed E-state index contributed by atoms with van der Waals surface area (Å²) in [7, 11) is 0. The van der Waals surface area contributed by atoms with Gasteiger partial charge in [0.15, 0.2) is 5.65 Å². The Morgan fingerprint density at radius 3 is 3.13 bits per heavy atom. The van der Waals surface area contributed by atoms with Crippen molar-refractivity contribution in [3.8, 4) is 0 Å². The number of aromatic nitrogens is 4. The van der Waals surface area contributed by atoms with Gasteiger partial charge in [-0.15, -0.1) is 0 Å². The molecule has 6 nitrogen and oxygen atoms in total. The summed E-state index contributed by atoms with van der Waals surface area (Å²) in [4.78, 5) is 19.7. The van der Waals surface area contributed by atoms with Crippen molar-refractivity contribution in [1.82, 2.24) is 24.9 Å². The largest absolute Gasteiger partial charge is 0.361 e. The van der Waals surface area contributed by atoms with Crippen molar-refractivity contribution >= 4 is 22.5 Å². The van der Waals surface area contributed by atoms with Gasteiger partial charge in [0.25, 0.3) is 5.91 Å². The van der Waals surface area contributed by atoms with Gasteiger partial charge >= 0.3 is 0 Å². The molecule has 0 aliphatic rings. The minimum atomic E-state index is -0.154. The summed E-state index contributed by atoms with van der Waals surface area (Å²) in [6.07, 6.45) is 7.73. The predicted molar refractivity (Wildman–Crippen MR) is 87.3 cm³/mol. The van der Waals surface area contributed by atoms with Gasteiger partial charge in [0.2, 0.25) is 0 Å². The van der Waals surface area contributed by atoms with E-state index in [-0.39, 0.29) is 5.91 Å². The van der Waals surface area contributed by atoms with Crippen molar-refractivity contribution in [2.75, 3.05) is 6.54 Å². The van der Waals surface area contributed by atoms with Crippen LogP contribution in [-0.2, 0) is 6.42 Å². The van der Waals surface area contributed by atoms with Crippen LogP contribution >= 0.6 is 0 Å². The fraction of sp³-hybridized carbons (Fsp3) is 0.118. The molecule has 0 aliphatic heterocycles. The van der Waals surface area contributed by atoms with Gasteiger partial charge < -0.3 is 10.3 Å². The zero-order valence-corrected chi connectivity index (χ0v) is 12.4. The lowest BCUT2D eigenvalue weighted by Gasteiger charge is -2.03. The van der Waals surface area contributed by atoms with E-state index in [1.54, 1.807) is 29.2 Å². The Morgan fingerprint density at radius 2 is 2.17 bits per heavy atom. The quantitative estimate of drug-likeness (QED) is 0.607. The van der Waals surface area contributed by atoms with Gasteiger partial charge in [0, 0.05) is 36.0 Å². The summed E-state index contributed by atoms with van der Waals surface area (Å²) in [5.41, 5.74) is 3.36. The van der Waals surface area contributed by atoms with Crippen LogP contribution in [0.3, 0.4) is 0 Å². The summed E-state index contributed by atoms with van der Waals surface area (Å²) < 4.78 is 1.59. The molecule has 4 aromatic rings. The van der Waals surface area contributed by atoms with E-state index in [1.165, 1.54) is 10.9 Å².